The topological polar surface area (TPSA) is 80.1 Å². The molecule has 104 valence electrons. The van der Waals surface area contributed by atoms with Crippen molar-refractivity contribution in [2.75, 3.05) is 13.1 Å². The summed E-state index contributed by atoms with van der Waals surface area (Å²) in [5.74, 6) is 1.02. The Morgan fingerprint density at radius 3 is 3.00 bits per heavy atom. The zero-order valence-electron chi connectivity index (χ0n) is 10.6. The van der Waals surface area contributed by atoms with Crippen molar-refractivity contribution in [1.82, 2.24) is 20.8 Å². The number of hydrogen-bond donors (Lipinski definition) is 2. The highest BCUT2D eigenvalue weighted by Gasteiger charge is 2.24. The first-order valence-electron chi connectivity index (χ1n) is 6.28. The largest absolute Gasteiger partial charge is 0.353 e. The summed E-state index contributed by atoms with van der Waals surface area (Å²) < 4.78 is 5.23. The number of halogens is 1. The first kappa shape index (κ1) is 13.1. The van der Waals surface area contributed by atoms with Gasteiger partial charge in [0.15, 0.2) is 5.82 Å². The summed E-state index contributed by atoms with van der Waals surface area (Å²) in [6.45, 7) is 0.708. The zero-order valence-corrected chi connectivity index (χ0v) is 11.4. The van der Waals surface area contributed by atoms with E-state index in [0.717, 1.165) is 5.56 Å². The molecule has 1 aliphatic heterocycles. The average Bonchev–Trinajstić information content (AvgIpc) is 2.91. The second kappa shape index (κ2) is 5.60. The van der Waals surface area contributed by atoms with Gasteiger partial charge in [-0.3, -0.25) is 10.1 Å². The third-order valence-electron chi connectivity index (χ3n) is 3.10. The van der Waals surface area contributed by atoms with Crippen molar-refractivity contribution < 1.29 is 9.32 Å². The van der Waals surface area contributed by atoms with E-state index in [0.29, 0.717) is 29.7 Å². The molecule has 3 rings (SSSR count). The lowest BCUT2D eigenvalue weighted by molar-refractivity contribution is -0.121. The summed E-state index contributed by atoms with van der Waals surface area (Å²) in [6, 6.07) is 7.41. The van der Waals surface area contributed by atoms with Gasteiger partial charge >= 0.3 is 0 Å². The first-order chi connectivity index (χ1) is 9.72. The van der Waals surface area contributed by atoms with Crippen LogP contribution in [0.25, 0.3) is 0 Å². The summed E-state index contributed by atoms with van der Waals surface area (Å²) in [6.07, 6.45) is 0.516. The van der Waals surface area contributed by atoms with Crippen LogP contribution in [-0.4, -0.2) is 29.1 Å². The molecular formula is C13H13ClN4O2. The molecule has 1 aromatic carbocycles. The average molecular weight is 293 g/mol. The molecular weight excluding hydrogens is 280 g/mol. The Labute approximate surface area is 120 Å². The van der Waals surface area contributed by atoms with E-state index in [4.69, 9.17) is 16.1 Å². The molecule has 0 bridgehead atoms. The number of carbonyl (C=O) groups excluding carboxylic acids is 1. The van der Waals surface area contributed by atoms with Crippen LogP contribution in [-0.2, 0) is 11.2 Å². The lowest BCUT2D eigenvalue weighted by Gasteiger charge is -2.20. The third kappa shape index (κ3) is 2.81. The van der Waals surface area contributed by atoms with Crippen molar-refractivity contribution >= 4 is 17.5 Å². The van der Waals surface area contributed by atoms with E-state index in [1.54, 1.807) is 0 Å². The van der Waals surface area contributed by atoms with E-state index >= 15 is 0 Å². The number of nitrogens with zero attached hydrogens (tertiary/aromatic N) is 2. The lowest BCUT2D eigenvalue weighted by Crippen LogP contribution is -2.47. The SMILES string of the molecule is O=C1CNC(c2nc(Cc3ccccc3Cl)no2)CN1. The highest BCUT2D eigenvalue weighted by molar-refractivity contribution is 6.31. The number of hydrogen-bond acceptors (Lipinski definition) is 5. The van der Waals surface area contributed by atoms with Gasteiger partial charge in [-0.2, -0.15) is 4.98 Å². The second-order valence-electron chi connectivity index (χ2n) is 4.55. The molecule has 6 nitrogen and oxygen atoms in total. The molecule has 1 aliphatic rings. The maximum atomic E-state index is 11.1. The molecule has 0 radical (unpaired) electrons. The van der Waals surface area contributed by atoms with E-state index in [-0.39, 0.29) is 18.5 Å². The van der Waals surface area contributed by atoms with Crippen LogP contribution in [0.4, 0.5) is 0 Å². The molecule has 1 aromatic heterocycles. The number of carbonyl (C=O) groups is 1. The van der Waals surface area contributed by atoms with E-state index < -0.39 is 0 Å². The first-order valence-corrected chi connectivity index (χ1v) is 6.66. The molecule has 1 amide bonds. The van der Waals surface area contributed by atoms with Crippen LogP contribution >= 0.6 is 11.6 Å². The van der Waals surface area contributed by atoms with Crippen molar-refractivity contribution in [1.29, 1.82) is 0 Å². The Morgan fingerprint density at radius 2 is 2.25 bits per heavy atom. The predicted octanol–water partition coefficient (Wildman–Crippen LogP) is 1.07. The highest BCUT2D eigenvalue weighted by atomic mass is 35.5. The summed E-state index contributed by atoms with van der Waals surface area (Å²) in [5, 5.41) is 10.4. The molecule has 1 saturated heterocycles. The zero-order chi connectivity index (χ0) is 13.9. The fourth-order valence-electron chi connectivity index (χ4n) is 2.03. The van der Waals surface area contributed by atoms with Crippen molar-refractivity contribution in [2.45, 2.75) is 12.5 Å². The molecule has 1 atom stereocenters. The van der Waals surface area contributed by atoms with Gasteiger partial charge in [0.25, 0.3) is 0 Å². The Morgan fingerprint density at radius 1 is 1.40 bits per heavy atom. The predicted molar refractivity (Wildman–Crippen MR) is 72.3 cm³/mol. The summed E-state index contributed by atoms with van der Waals surface area (Å²) in [5.41, 5.74) is 0.950. The number of rotatable bonds is 3. The summed E-state index contributed by atoms with van der Waals surface area (Å²) >= 11 is 6.10. The van der Waals surface area contributed by atoms with Gasteiger partial charge in [0.05, 0.1) is 6.54 Å². The van der Waals surface area contributed by atoms with Crippen LogP contribution in [0.3, 0.4) is 0 Å². The standard InChI is InChI=1S/C13H13ClN4O2/c14-9-4-2-1-3-8(9)5-11-17-13(20-18-11)10-6-16-12(19)7-15-10/h1-4,10,15H,5-7H2,(H,16,19). The molecule has 7 heteroatoms. The number of aromatic nitrogens is 2. The number of benzene rings is 1. The van der Waals surface area contributed by atoms with E-state index in [1.165, 1.54) is 0 Å². The van der Waals surface area contributed by atoms with Crippen LogP contribution in [0.2, 0.25) is 5.02 Å². The van der Waals surface area contributed by atoms with Crippen LogP contribution in [0, 0.1) is 0 Å². The molecule has 1 fully saturated rings. The molecule has 2 aromatic rings. The van der Waals surface area contributed by atoms with Gasteiger partial charge in [-0.15, -0.1) is 0 Å². The van der Waals surface area contributed by atoms with Crippen LogP contribution < -0.4 is 10.6 Å². The van der Waals surface area contributed by atoms with Crippen molar-refractivity contribution in [3.8, 4) is 0 Å². The minimum Gasteiger partial charge on any atom is -0.353 e. The van der Waals surface area contributed by atoms with Crippen LogP contribution in [0.1, 0.15) is 23.3 Å². The third-order valence-corrected chi connectivity index (χ3v) is 3.47. The van der Waals surface area contributed by atoms with Crippen molar-refractivity contribution in [3.63, 3.8) is 0 Å². The molecule has 0 aliphatic carbocycles. The van der Waals surface area contributed by atoms with Crippen molar-refractivity contribution in [3.05, 3.63) is 46.6 Å². The van der Waals surface area contributed by atoms with Gasteiger partial charge in [-0.1, -0.05) is 35.0 Å². The van der Waals surface area contributed by atoms with Gasteiger partial charge in [0.2, 0.25) is 11.8 Å². The maximum absolute atomic E-state index is 11.1. The Bertz CT molecular complexity index is 618. The smallest absolute Gasteiger partial charge is 0.245 e. The van der Waals surface area contributed by atoms with Gasteiger partial charge in [-0.25, -0.2) is 0 Å². The van der Waals surface area contributed by atoms with E-state index in [9.17, 15) is 4.79 Å². The number of amides is 1. The fourth-order valence-corrected chi connectivity index (χ4v) is 2.24. The maximum Gasteiger partial charge on any atom is 0.245 e. The summed E-state index contributed by atoms with van der Waals surface area (Å²) in [7, 11) is 0. The second-order valence-corrected chi connectivity index (χ2v) is 4.96. The lowest BCUT2D eigenvalue weighted by atomic mass is 10.1. The Balaban J connectivity index is 1.71. The van der Waals surface area contributed by atoms with E-state index in [2.05, 4.69) is 20.8 Å². The minimum absolute atomic E-state index is 0.0305. The summed E-state index contributed by atoms with van der Waals surface area (Å²) in [4.78, 5) is 15.4. The molecule has 0 saturated carbocycles. The normalized spacial score (nSPS) is 18.9. The number of nitrogens with one attached hydrogen (secondary N) is 2. The molecule has 2 N–H and O–H groups in total. The Kier molecular flexibility index (Phi) is 3.66. The fraction of sp³-hybridized carbons (Fsp3) is 0.308. The van der Waals surface area contributed by atoms with Gasteiger partial charge < -0.3 is 9.84 Å². The van der Waals surface area contributed by atoms with Crippen LogP contribution in [0.15, 0.2) is 28.8 Å². The van der Waals surface area contributed by atoms with E-state index in [1.807, 2.05) is 24.3 Å². The highest BCUT2D eigenvalue weighted by Crippen LogP contribution is 2.19. The Hall–Kier alpha value is -1.92. The number of piperazine rings is 1. The quantitative estimate of drug-likeness (QED) is 0.885. The molecule has 0 spiro atoms. The molecule has 2 heterocycles. The monoisotopic (exact) mass is 292 g/mol. The van der Waals surface area contributed by atoms with Crippen LogP contribution in [0.5, 0.6) is 0 Å². The van der Waals surface area contributed by atoms with Gasteiger partial charge in [-0.05, 0) is 11.6 Å². The van der Waals surface area contributed by atoms with Gasteiger partial charge in [0.1, 0.15) is 6.04 Å². The van der Waals surface area contributed by atoms with Gasteiger partial charge in [0, 0.05) is 18.0 Å². The molecule has 20 heavy (non-hydrogen) atoms. The van der Waals surface area contributed by atoms with Crippen molar-refractivity contribution in [2.24, 2.45) is 0 Å². The molecule has 1 unspecified atom stereocenters. The minimum atomic E-state index is -0.139.